The standard InChI is InChI=1S/C20H19NO4/c1-3-24-19(22)17-15-12-8-9-13-21(15)18(20(23)25-4-2)16(17)14-10-6-5-7-11-14/h5-13H,3-4H2,1-2H3. The van der Waals surface area contributed by atoms with Crippen LogP contribution in [0.5, 0.6) is 0 Å². The summed E-state index contributed by atoms with van der Waals surface area (Å²) >= 11 is 0. The molecule has 0 atom stereocenters. The quantitative estimate of drug-likeness (QED) is 0.661. The van der Waals surface area contributed by atoms with Gasteiger partial charge in [-0.15, -0.1) is 0 Å². The van der Waals surface area contributed by atoms with Crippen LogP contribution in [0.4, 0.5) is 0 Å². The summed E-state index contributed by atoms with van der Waals surface area (Å²) in [5.41, 5.74) is 2.60. The zero-order valence-electron chi connectivity index (χ0n) is 14.2. The smallest absolute Gasteiger partial charge is 0.355 e. The van der Waals surface area contributed by atoms with Crippen molar-refractivity contribution in [1.29, 1.82) is 0 Å². The normalized spacial score (nSPS) is 10.6. The molecule has 2 heterocycles. The Morgan fingerprint density at radius 3 is 2.20 bits per heavy atom. The van der Waals surface area contributed by atoms with Crippen LogP contribution in [0.3, 0.4) is 0 Å². The fourth-order valence-corrected chi connectivity index (χ4v) is 2.90. The van der Waals surface area contributed by atoms with E-state index >= 15 is 0 Å². The summed E-state index contributed by atoms with van der Waals surface area (Å²) in [5, 5.41) is 0. The highest BCUT2D eigenvalue weighted by molar-refractivity contribution is 6.11. The average Bonchev–Trinajstić information content (AvgIpc) is 2.98. The summed E-state index contributed by atoms with van der Waals surface area (Å²) in [5.74, 6) is -0.932. The number of nitrogens with zero attached hydrogens (tertiary/aromatic N) is 1. The second-order valence-corrected chi connectivity index (χ2v) is 5.36. The Morgan fingerprint density at radius 2 is 1.52 bits per heavy atom. The Morgan fingerprint density at radius 1 is 0.880 bits per heavy atom. The molecule has 2 aromatic heterocycles. The molecule has 128 valence electrons. The molecule has 0 saturated heterocycles. The van der Waals surface area contributed by atoms with Crippen molar-refractivity contribution in [3.63, 3.8) is 0 Å². The number of hydrogen-bond acceptors (Lipinski definition) is 4. The van der Waals surface area contributed by atoms with Gasteiger partial charge in [0.1, 0.15) is 5.69 Å². The third-order valence-corrected chi connectivity index (χ3v) is 3.85. The fourth-order valence-electron chi connectivity index (χ4n) is 2.90. The van der Waals surface area contributed by atoms with Crippen molar-refractivity contribution in [2.24, 2.45) is 0 Å². The Kier molecular flexibility index (Phi) is 4.84. The third kappa shape index (κ3) is 3.01. The van der Waals surface area contributed by atoms with E-state index in [9.17, 15) is 9.59 Å². The predicted octanol–water partition coefficient (Wildman–Crippen LogP) is 3.96. The molecular weight excluding hydrogens is 318 g/mol. The van der Waals surface area contributed by atoms with Crippen LogP contribution in [0.15, 0.2) is 54.7 Å². The monoisotopic (exact) mass is 337 g/mol. The van der Waals surface area contributed by atoms with Crippen LogP contribution in [0.2, 0.25) is 0 Å². The maximum Gasteiger partial charge on any atom is 0.355 e. The first-order chi connectivity index (χ1) is 12.2. The van der Waals surface area contributed by atoms with E-state index in [1.165, 1.54) is 0 Å². The third-order valence-electron chi connectivity index (χ3n) is 3.85. The van der Waals surface area contributed by atoms with Gasteiger partial charge in [-0.3, -0.25) is 0 Å². The fraction of sp³-hybridized carbons (Fsp3) is 0.200. The van der Waals surface area contributed by atoms with Gasteiger partial charge in [0.05, 0.1) is 24.3 Å². The van der Waals surface area contributed by atoms with Crippen LogP contribution in [0, 0.1) is 0 Å². The molecule has 0 aliphatic heterocycles. The lowest BCUT2D eigenvalue weighted by Gasteiger charge is -2.08. The second-order valence-electron chi connectivity index (χ2n) is 5.36. The summed E-state index contributed by atoms with van der Waals surface area (Å²) in [6, 6.07) is 14.7. The van der Waals surface area contributed by atoms with Gasteiger partial charge in [0.15, 0.2) is 0 Å². The molecule has 1 aromatic carbocycles. The first-order valence-electron chi connectivity index (χ1n) is 8.21. The van der Waals surface area contributed by atoms with E-state index in [4.69, 9.17) is 9.47 Å². The SMILES string of the molecule is CCOC(=O)c1c(-c2ccccc2)c(C(=O)OCC)n2ccccc12. The lowest BCUT2D eigenvalue weighted by Crippen LogP contribution is -2.10. The van der Waals surface area contributed by atoms with Crippen LogP contribution < -0.4 is 0 Å². The summed E-state index contributed by atoms with van der Waals surface area (Å²) in [6.07, 6.45) is 1.75. The minimum atomic E-state index is -0.474. The van der Waals surface area contributed by atoms with Crippen LogP contribution in [-0.2, 0) is 9.47 Å². The number of rotatable bonds is 5. The van der Waals surface area contributed by atoms with E-state index in [0.29, 0.717) is 22.3 Å². The first-order valence-corrected chi connectivity index (χ1v) is 8.21. The van der Waals surface area contributed by atoms with Gasteiger partial charge in [-0.1, -0.05) is 36.4 Å². The van der Waals surface area contributed by atoms with E-state index < -0.39 is 11.9 Å². The van der Waals surface area contributed by atoms with Gasteiger partial charge in [-0.05, 0) is 31.5 Å². The van der Waals surface area contributed by atoms with Gasteiger partial charge in [0.2, 0.25) is 0 Å². The van der Waals surface area contributed by atoms with Crippen molar-refractivity contribution in [1.82, 2.24) is 4.40 Å². The van der Waals surface area contributed by atoms with Gasteiger partial charge in [-0.25, -0.2) is 9.59 Å². The molecular formula is C20H19NO4. The molecule has 3 aromatic rings. The van der Waals surface area contributed by atoms with Crippen LogP contribution in [-0.4, -0.2) is 29.6 Å². The molecule has 0 saturated carbocycles. The average molecular weight is 337 g/mol. The molecule has 0 fully saturated rings. The minimum Gasteiger partial charge on any atom is -0.462 e. The topological polar surface area (TPSA) is 57.0 Å². The number of benzene rings is 1. The zero-order valence-corrected chi connectivity index (χ0v) is 14.2. The summed E-state index contributed by atoms with van der Waals surface area (Å²) in [6.45, 7) is 4.01. The number of carbonyl (C=O) groups is 2. The van der Waals surface area contributed by atoms with E-state index in [0.717, 1.165) is 5.56 Å². The number of fused-ring (bicyclic) bond motifs is 1. The number of ether oxygens (including phenoxy) is 2. The Bertz CT molecular complexity index is 857. The number of aromatic nitrogens is 1. The van der Waals surface area contributed by atoms with Crippen molar-refractivity contribution in [2.75, 3.05) is 13.2 Å². The van der Waals surface area contributed by atoms with E-state index in [-0.39, 0.29) is 13.2 Å². The number of hydrogen-bond donors (Lipinski definition) is 0. The lowest BCUT2D eigenvalue weighted by molar-refractivity contribution is 0.0518. The van der Waals surface area contributed by atoms with E-state index in [1.807, 2.05) is 36.4 Å². The molecule has 0 spiro atoms. The number of pyridine rings is 1. The molecule has 0 bridgehead atoms. The number of carbonyl (C=O) groups excluding carboxylic acids is 2. The zero-order chi connectivity index (χ0) is 17.8. The molecule has 5 heteroatoms. The highest BCUT2D eigenvalue weighted by Crippen LogP contribution is 2.34. The van der Waals surface area contributed by atoms with E-state index in [2.05, 4.69) is 0 Å². The number of esters is 2. The van der Waals surface area contributed by atoms with Gasteiger partial charge >= 0.3 is 11.9 Å². The van der Waals surface area contributed by atoms with Crippen molar-refractivity contribution in [2.45, 2.75) is 13.8 Å². The predicted molar refractivity (Wildman–Crippen MR) is 94.7 cm³/mol. The molecule has 25 heavy (non-hydrogen) atoms. The molecule has 3 rings (SSSR count). The van der Waals surface area contributed by atoms with Crippen molar-refractivity contribution in [3.05, 3.63) is 66.0 Å². The summed E-state index contributed by atoms with van der Waals surface area (Å²) in [7, 11) is 0. The van der Waals surface area contributed by atoms with Crippen LogP contribution in [0.1, 0.15) is 34.7 Å². The molecule has 0 unspecified atom stereocenters. The highest BCUT2D eigenvalue weighted by atomic mass is 16.5. The largest absolute Gasteiger partial charge is 0.462 e. The van der Waals surface area contributed by atoms with Gasteiger partial charge in [-0.2, -0.15) is 0 Å². The van der Waals surface area contributed by atoms with Crippen LogP contribution >= 0.6 is 0 Å². The molecule has 0 amide bonds. The highest BCUT2D eigenvalue weighted by Gasteiger charge is 2.29. The van der Waals surface area contributed by atoms with Gasteiger partial charge in [0, 0.05) is 11.8 Å². The van der Waals surface area contributed by atoms with Crippen LogP contribution in [0.25, 0.3) is 16.6 Å². The maximum absolute atomic E-state index is 12.7. The van der Waals surface area contributed by atoms with Crippen molar-refractivity contribution < 1.29 is 19.1 Å². The Hall–Kier alpha value is -3.08. The Balaban J connectivity index is 2.39. The van der Waals surface area contributed by atoms with Gasteiger partial charge < -0.3 is 13.9 Å². The molecule has 0 radical (unpaired) electrons. The van der Waals surface area contributed by atoms with E-state index in [1.54, 1.807) is 36.6 Å². The molecule has 5 nitrogen and oxygen atoms in total. The van der Waals surface area contributed by atoms with Crippen molar-refractivity contribution in [3.8, 4) is 11.1 Å². The summed E-state index contributed by atoms with van der Waals surface area (Å²) in [4.78, 5) is 25.3. The van der Waals surface area contributed by atoms with Crippen molar-refractivity contribution >= 4 is 17.5 Å². The molecule has 0 N–H and O–H groups in total. The summed E-state index contributed by atoms with van der Waals surface area (Å²) < 4.78 is 12.2. The first kappa shape index (κ1) is 16.8. The maximum atomic E-state index is 12.7. The minimum absolute atomic E-state index is 0.252. The van der Waals surface area contributed by atoms with Gasteiger partial charge in [0.25, 0.3) is 0 Å². The molecule has 0 aliphatic rings. The Labute approximate surface area is 145 Å². The second kappa shape index (κ2) is 7.21. The molecule has 0 aliphatic carbocycles. The lowest BCUT2D eigenvalue weighted by atomic mass is 10.0.